The van der Waals surface area contributed by atoms with Gasteiger partial charge in [0.25, 0.3) is 0 Å². The summed E-state index contributed by atoms with van der Waals surface area (Å²) in [6.45, 7) is 9.26. The molecule has 6 rings (SSSR count). The highest BCUT2D eigenvalue weighted by atomic mass is 19.1. The number of nitrogens with zero attached hydrogens (tertiary/aromatic N) is 7. The second-order valence-electron chi connectivity index (χ2n) is 8.85. The fraction of sp³-hybridized carbons (Fsp3) is 0.423. The molecule has 36 heavy (non-hydrogen) atoms. The Bertz CT molecular complexity index is 1400. The number of aryl methyl sites for hydroxylation is 2. The van der Waals surface area contributed by atoms with Gasteiger partial charge in [0.1, 0.15) is 28.9 Å². The van der Waals surface area contributed by atoms with Gasteiger partial charge in [0.05, 0.1) is 36.8 Å². The van der Waals surface area contributed by atoms with Crippen molar-refractivity contribution < 1.29 is 13.5 Å². The molecule has 2 aliphatic rings. The normalized spacial score (nSPS) is 17.7. The first kappa shape index (κ1) is 24.2. The lowest BCUT2D eigenvalue weighted by Gasteiger charge is -2.32. The summed E-state index contributed by atoms with van der Waals surface area (Å²) in [7, 11) is 0. The fourth-order valence-electron chi connectivity index (χ4n) is 4.20. The van der Waals surface area contributed by atoms with Crippen molar-refractivity contribution >= 4 is 17.1 Å². The number of aromatic nitrogens is 6. The number of benzene rings is 1. The number of fused-ring (bicyclic) bond motifs is 1. The zero-order valence-corrected chi connectivity index (χ0v) is 20.9. The molecule has 0 amide bonds. The van der Waals surface area contributed by atoms with Gasteiger partial charge < -0.3 is 9.64 Å². The van der Waals surface area contributed by atoms with Gasteiger partial charge in [0.15, 0.2) is 5.65 Å². The minimum atomic E-state index is -0.710. The van der Waals surface area contributed by atoms with Crippen LogP contribution in [0.2, 0.25) is 0 Å². The number of halogens is 2. The molecule has 0 N–H and O–H groups in total. The third kappa shape index (κ3) is 4.65. The van der Waals surface area contributed by atoms with Crippen LogP contribution in [-0.4, -0.2) is 49.4 Å². The quantitative estimate of drug-likeness (QED) is 0.390. The maximum absolute atomic E-state index is 14.8. The van der Waals surface area contributed by atoms with Gasteiger partial charge in [-0.25, -0.2) is 23.7 Å². The van der Waals surface area contributed by atoms with Crippen molar-refractivity contribution in [1.82, 2.24) is 29.7 Å². The van der Waals surface area contributed by atoms with E-state index < -0.39 is 11.6 Å². The van der Waals surface area contributed by atoms with Crippen molar-refractivity contribution in [1.29, 1.82) is 0 Å². The Morgan fingerprint density at radius 2 is 1.78 bits per heavy atom. The summed E-state index contributed by atoms with van der Waals surface area (Å²) in [5.41, 5.74) is 3.64. The molecule has 1 aliphatic heterocycles. The number of hydrogen-bond donors (Lipinski definition) is 0. The first-order chi connectivity index (χ1) is 17.5. The predicted molar refractivity (Wildman–Crippen MR) is 133 cm³/mol. The Kier molecular flexibility index (Phi) is 6.61. The molecule has 8 nitrogen and oxygen atoms in total. The van der Waals surface area contributed by atoms with Crippen LogP contribution in [0.15, 0.2) is 30.6 Å². The monoisotopic (exact) mass is 493 g/mol. The zero-order valence-electron chi connectivity index (χ0n) is 20.9. The molecule has 0 spiro atoms. The Balaban J connectivity index is 0.00000130. The summed E-state index contributed by atoms with van der Waals surface area (Å²) in [5, 5.41) is 4.48. The third-order valence-electron chi connectivity index (χ3n) is 6.38. The third-order valence-corrected chi connectivity index (χ3v) is 6.38. The standard InChI is InChI=1S/C24H23F2N7O.C2H6/c1-13-14(2)29-23-22(28-13)21(18-6-3-16(25)9-19(18)26)30-24(31-23)32-7-8-34-20(12-32)15-10-27-33(11-15)17-4-5-17;1-2/h3,6,9-11,17,20H,4-5,7-8,12H2,1-2H3;1-2H3/t20-;/m1./s1. The molecule has 1 aliphatic carbocycles. The summed E-state index contributed by atoms with van der Waals surface area (Å²) < 4.78 is 36.4. The van der Waals surface area contributed by atoms with E-state index >= 15 is 0 Å². The molecule has 0 unspecified atom stereocenters. The fourth-order valence-corrected chi connectivity index (χ4v) is 4.20. The van der Waals surface area contributed by atoms with Crippen molar-refractivity contribution in [2.24, 2.45) is 0 Å². The van der Waals surface area contributed by atoms with E-state index in [9.17, 15) is 8.78 Å². The summed E-state index contributed by atoms with van der Waals surface area (Å²) in [4.78, 5) is 20.6. The highest BCUT2D eigenvalue weighted by Crippen LogP contribution is 2.36. The van der Waals surface area contributed by atoms with Crippen molar-refractivity contribution in [3.63, 3.8) is 0 Å². The van der Waals surface area contributed by atoms with Gasteiger partial charge in [-0.2, -0.15) is 10.1 Å². The van der Waals surface area contributed by atoms with Crippen molar-refractivity contribution in [2.75, 3.05) is 24.6 Å². The first-order valence-electron chi connectivity index (χ1n) is 12.4. The van der Waals surface area contributed by atoms with Gasteiger partial charge in [-0.15, -0.1) is 0 Å². The van der Waals surface area contributed by atoms with E-state index in [0.29, 0.717) is 48.5 Å². The van der Waals surface area contributed by atoms with Gasteiger partial charge in [-0.05, 0) is 38.8 Å². The summed E-state index contributed by atoms with van der Waals surface area (Å²) in [6, 6.07) is 3.93. The van der Waals surface area contributed by atoms with Gasteiger partial charge >= 0.3 is 0 Å². The number of ether oxygens (including phenoxy) is 1. The van der Waals surface area contributed by atoms with Crippen molar-refractivity contribution in [2.45, 2.75) is 52.7 Å². The second-order valence-corrected chi connectivity index (χ2v) is 8.85. The van der Waals surface area contributed by atoms with Crippen LogP contribution >= 0.6 is 0 Å². The van der Waals surface area contributed by atoms with E-state index in [1.807, 2.05) is 49.7 Å². The van der Waals surface area contributed by atoms with Crippen LogP contribution in [0.3, 0.4) is 0 Å². The van der Waals surface area contributed by atoms with Crippen molar-refractivity contribution in [3.05, 3.63) is 59.2 Å². The van der Waals surface area contributed by atoms with E-state index in [-0.39, 0.29) is 17.4 Å². The number of morpholine rings is 1. The number of rotatable bonds is 4. The number of anilines is 1. The largest absolute Gasteiger partial charge is 0.370 e. The first-order valence-corrected chi connectivity index (χ1v) is 12.4. The van der Waals surface area contributed by atoms with Crippen LogP contribution in [0, 0.1) is 25.5 Å². The zero-order chi connectivity index (χ0) is 25.4. The Hall–Kier alpha value is -3.53. The molecule has 10 heteroatoms. The van der Waals surface area contributed by atoms with Crippen LogP contribution in [0.4, 0.5) is 14.7 Å². The second kappa shape index (κ2) is 9.85. The molecule has 1 atom stereocenters. The van der Waals surface area contributed by atoms with Crippen LogP contribution < -0.4 is 4.90 Å². The van der Waals surface area contributed by atoms with E-state index in [2.05, 4.69) is 20.1 Å². The lowest BCUT2D eigenvalue weighted by atomic mass is 10.1. The summed E-state index contributed by atoms with van der Waals surface area (Å²) >= 11 is 0. The van der Waals surface area contributed by atoms with Gasteiger partial charge in [0, 0.05) is 29.9 Å². The molecule has 188 valence electrons. The van der Waals surface area contributed by atoms with Crippen LogP contribution in [0.25, 0.3) is 22.4 Å². The molecule has 0 radical (unpaired) electrons. The average Bonchev–Trinajstić information content (AvgIpc) is 3.62. The minimum Gasteiger partial charge on any atom is -0.370 e. The van der Waals surface area contributed by atoms with E-state index in [0.717, 1.165) is 30.2 Å². The van der Waals surface area contributed by atoms with Gasteiger partial charge in [0.2, 0.25) is 5.95 Å². The molecule has 2 fully saturated rings. The molecular formula is C26H29F2N7O. The van der Waals surface area contributed by atoms with Crippen LogP contribution in [0.1, 0.15) is 55.8 Å². The summed E-state index contributed by atoms with van der Waals surface area (Å²) in [6.07, 6.45) is 6.03. The highest BCUT2D eigenvalue weighted by Gasteiger charge is 2.29. The minimum absolute atomic E-state index is 0.156. The predicted octanol–water partition coefficient (Wildman–Crippen LogP) is 5.12. The maximum atomic E-state index is 14.8. The SMILES string of the molecule is CC.Cc1nc2nc(N3CCO[C@@H](c4cnn(C5CC5)c4)C3)nc(-c3ccc(F)cc3F)c2nc1C. The molecule has 1 aromatic carbocycles. The molecule has 3 aromatic heterocycles. The van der Waals surface area contributed by atoms with Crippen LogP contribution in [0.5, 0.6) is 0 Å². The molecular weight excluding hydrogens is 464 g/mol. The Labute approximate surface area is 208 Å². The molecule has 4 heterocycles. The smallest absolute Gasteiger partial charge is 0.228 e. The molecule has 1 saturated carbocycles. The van der Waals surface area contributed by atoms with Crippen LogP contribution in [-0.2, 0) is 4.74 Å². The van der Waals surface area contributed by atoms with Gasteiger partial charge in [-0.1, -0.05) is 13.8 Å². The molecule has 1 saturated heterocycles. The topological polar surface area (TPSA) is 81.9 Å². The van der Waals surface area contributed by atoms with Crippen molar-refractivity contribution in [3.8, 4) is 11.3 Å². The average molecular weight is 494 g/mol. The maximum Gasteiger partial charge on any atom is 0.228 e. The Morgan fingerprint density at radius 3 is 2.53 bits per heavy atom. The van der Waals surface area contributed by atoms with E-state index in [1.54, 1.807) is 0 Å². The molecule has 0 bridgehead atoms. The molecule has 4 aromatic rings. The summed E-state index contributed by atoms with van der Waals surface area (Å²) in [5.74, 6) is -0.953. The Morgan fingerprint density at radius 1 is 1.00 bits per heavy atom. The highest BCUT2D eigenvalue weighted by molar-refractivity contribution is 5.88. The lowest BCUT2D eigenvalue weighted by molar-refractivity contribution is 0.0392. The number of hydrogen-bond acceptors (Lipinski definition) is 7. The lowest BCUT2D eigenvalue weighted by Crippen LogP contribution is -2.39. The van der Waals surface area contributed by atoms with E-state index in [1.165, 1.54) is 12.1 Å². The van der Waals surface area contributed by atoms with E-state index in [4.69, 9.17) is 9.72 Å². The van der Waals surface area contributed by atoms with Gasteiger partial charge in [-0.3, -0.25) is 4.68 Å².